The molecule has 0 radical (unpaired) electrons. The lowest BCUT2D eigenvalue weighted by Gasteiger charge is -2.36. The number of benzene rings is 1. The molecule has 5 rings (SSSR count). The van der Waals surface area contributed by atoms with Crippen LogP contribution in [-0.4, -0.2) is 64.7 Å². The molecule has 0 bridgehead atoms. The first-order valence-corrected chi connectivity index (χ1v) is 10.7. The third kappa shape index (κ3) is 3.58. The number of piperazine rings is 1. The SMILES string of the molecule is CNC(=O)c1ccc(N2CCN(Cc3cc4cnn5c4c(c3F)NC(=O)[C@H]5C)CC2)c(F)n1. The van der Waals surface area contributed by atoms with Gasteiger partial charge in [0.25, 0.3) is 5.91 Å². The van der Waals surface area contributed by atoms with Gasteiger partial charge in [0, 0.05) is 50.7 Å². The van der Waals surface area contributed by atoms with E-state index < -0.39 is 23.7 Å². The van der Waals surface area contributed by atoms with Crippen molar-refractivity contribution >= 4 is 34.1 Å². The topological polar surface area (TPSA) is 95.4 Å². The first kappa shape index (κ1) is 21.3. The number of halogens is 2. The van der Waals surface area contributed by atoms with Crippen molar-refractivity contribution in [3.05, 3.63) is 47.4 Å². The monoisotopic (exact) mass is 455 g/mol. The Morgan fingerprint density at radius 2 is 2.00 bits per heavy atom. The van der Waals surface area contributed by atoms with Crippen LogP contribution in [0, 0.1) is 11.8 Å². The number of anilines is 2. The highest BCUT2D eigenvalue weighted by Crippen LogP contribution is 2.35. The fourth-order valence-corrected chi connectivity index (χ4v) is 4.42. The summed E-state index contributed by atoms with van der Waals surface area (Å²) >= 11 is 0. The van der Waals surface area contributed by atoms with Gasteiger partial charge in [-0.2, -0.15) is 9.49 Å². The van der Waals surface area contributed by atoms with Crippen molar-refractivity contribution in [3.63, 3.8) is 0 Å². The second-order valence-electron chi connectivity index (χ2n) is 8.27. The predicted molar refractivity (Wildman–Crippen MR) is 118 cm³/mol. The Morgan fingerprint density at radius 1 is 1.24 bits per heavy atom. The fourth-order valence-electron chi connectivity index (χ4n) is 4.42. The first-order valence-electron chi connectivity index (χ1n) is 10.7. The zero-order chi connectivity index (χ0) is 23.3. The number of carbonyl (C=O) groups is 2. The molecule has 0 spiro atoms. The van der Waals surface area contributed by atoms with Crippen LogP contribution in [0.3, 0.4) is 0 Å². The van der Waals surface area contributed by atoms with Gasteiger partial charge in [-0.05, 0) is 25.1 Å². The molecule has 1 atom stereocenters. The van der Waals surface area contributed by atoms with Gasteiger partial charge in [0.1, 0.15) is 17.4 Å². The molecule has 0 unspecified atom stereocenters. The second kappa shape index (κ2) is 8.07. The molecule has 172 valence electrons. The summed E-state index contributed by atoms with van der Waals surface area (Å²) in [6, 6.07) is 4.33. The van der Waals surface area contributed by atoms with E-state index in [2.05, 4.69) is 25.6 Å². The van der Waals surface area contributed by atoms with Gasteiger partial charge < -0.3 is 15.5 Å². The van der Waals surface area contributed by atoms with Gasteiger partial charge in [0.15, 0.2) is 5.82 Å². The highest BCUT2D eigenvalue weighted by Gasteiger charge is 2.30. The van der Waals surface area contributed by atoms with Crippen molar-refractivity contribution in [2.75, 3.05) is 43.4 Å². The Balaban J connectivity index is 1.31. The Kier molecular flexibility index (Phi) is 5.20. The minimum absolute atomic E-state index is 0.0250. The van der Waals surface area contributed by atoms with Crippen molar-refractivity contribution in [3.8, 4) is 0 Å². The van der Waals surface area contributed by atoms with Gasteiger partial charge in [0.2, 0.25) is 11.9 Å². The predicted octanol–water partition coefficient (Wildman–Crippen LogP) is 1.90. The highest BCUT2D eigenvalue weighted by molar-refractivity contribution is 6.06. The summed E-state index contributed by atoms with van der Waals surface area (Å²) in [5, 5.41) is 10.1. The van der Waals surface area contributed by atoms with Crippen molar-refractivity contribution < 1.29 is 18.4 Å². The van der Waals surface area contributed by atoms with E-state index in [1.54, 1.807) is 29.9 Å². The lowest BCUT2D eigenvalue weighted by atomic mass is 10.1. The molecule has 2 aliphatic heterocycles. The molecule has 11 heteroatoms. The molecule has 2 amide bonds. The van der Waals surface area contributed by atoms with E-state index in [1.165, 1.54) is 13.1 Å². The Hall–Kier alpha value is -3.60. The lowest BCUT2D eigenvalue weighted by molar-refractivity contribution is -0.119. The number of hydrogen-bond donors (Lipinski definition) is 2. The fraction of sp³-hybridized carbons (Fsp3) is 0.364. The van der Waals surface area contributed by atoms with Crippen LogP contribution in [-0.2, 0) is 11.3 Å². The van der Waals surface area contributed by atoms with Crippen LogP contribution >= 0.6 is 0 Å². The quantitative estimate of drug-likeness (QED) is 0.584. The molecule has 0 aliphatic carbocycles. The molecule has 4 heterocycles. The Bertz CT molecular complexity index is 1270. The zero-order valence-electron chi connectivity index (χ0n) is 18.2. The number of nitrogens with zero attached hydrogens (tertiary/aromatic N) is 5. The number of amides is 2. The molecule has 2 N–H and O–H groups in total. The maximum Gasteiger partial charge on any atom is 0.269 e. The molecule has 3 aromatic rings. The van der Waals surface area contributed by atoms with Crippen LogP contribution < -0.4 is 15.5 Å². The van der Waals surface area contributed by atoms with E-state index in [0.717, 1.165) is 5.39 Å². The van der Waals surface area contributed by atoms with Crippen LogP contribution in [0.2, 0.25) is 0 Å². The largest absolute Gasteiger partial charge is 0.365 e. The summed E-state index contributed by atoms with van der Waals surface area (Å²) in [5.41, 5.74) is 1.60. The molecular weight excluding hydrogens is 432 g/mol. The van der Waals surface area contributed by atoms with E-state index in [9.17, 15) is 14.0 Å². The van der Waals surface area contributed by atoms with Crippen molar-refractivity contribution in [2.24, 2.45) is 0 Å². The summed E-state index contributed by atoms with van der Waals surface area (Å²) < 4.78 is 31.3. The summed E-state index contributed by atoms with van der Waals surface area (Å²) in [6.45, 7) is 4.32. The minimum Gasteiger partial charge on any atom is -0.365 e. The number of pyridine rings is 1. The molecule has 2 aliphatic rings. The molecule has 0 saturated carbocycles. The summed E-state index contributed by atoms with van der Waals surface area (Å²) in [6.07, 6.45) is 1.65. The van der Waals surface area contributed by atoms with Crippen LogP contribution in [0.25, 0.3) is 10.9 Å². The number of nitrogens with one attached hydrogen (secondary N) is 2. The average Bonchev–Trinajstić information content (AvgIpc) is 3.24. The Labute approximate surface area is 188 Å². The van der Waals surface area contributed by atoms with Gasteiger partial charge in [-0.15, -0.1) is 0 Å². The number of hydrogen-bond acceptors (Lipinski definition) is 6. The van der Waals surface area contributed by atoms with Crippen molar-refractivity contribution in [2.45, 2.75) is 19.5 Å². The smallest absolute Gasteiger partial charge is 0.269 e. The van der Waals surface area contributed by atoms with Crippen LogP contribution in [0.5, 0.6) is 0 Å². The summed E-state index contributed by atoms with van der Waals surface area (Å²) in [4.78, 5) is 31.6. The second-order valence-corrected chi connectivity index (χ2v) is 8.27. The highest BCUT2D eigenvalue weighted by atomic mass is 19.1. The van der Waals surface area contributed by atoms with E-state index in [-0.39, 0.29) is 17.3 Å². The normalized spacial score (nSPS) is 18.5. The maximum absolute atomic E-state index is 15.3. The Morgan fingerprint density at radius 3 is 2.70 bits per heavy atom. The van der Waals surface area contributed by atoms with Gasteiger partial charge in [0.05, 0.1) is 17.4 Å². The number of rotatable bonds is 4. The third-order valence-electron chi connectivity index (χ3n) is 6.28. The average molecular weight is 455 g/mol. The van der Waals surface area contributed by atoms with E-state index in [0.29, 0.717) is 49.5 Å². The number of carbonyl (C=O) groups excluding carboxylic acids is 2. The van der Waals surface area contributed by atoms with Gasteiger partial charge >= 0.3 is 0 Å². The van der Waals surface area contributed by atoms with E-state index in [1.807, 2.05) is 4.90 Å². The van der Waals surface area contributed by atoms with E-state index >= 15 is 4.39 Å². The number of aromatic nitrogens is 3. The molecule has 33 heavy (non-hydrogen) atoms. The summed E-state index contributed by atoms with van der Waals surface area (Å²) in [7, 11) is 1.46. The summed E-state index contributed by atoms with van der Waals surface area (Å²) in [5.74, 6) is -1.89. The van der Waals surface area contributed by atoms with Gasteiger partial charge in [-0.1, -0.05) is 0 Å². The zero-order valence-corrected chi connectivity index (χ0v) is 18.2. The molecular formula is C22H23F2N7O2. The van der Waals surface area contributed by atoms with Crippen LogP contribution in [0.15, 0.2) is 24.4 Å². The lowest BCUT2D eigenvalue weighted by Crippen LogP contribution is -2.46. The molecule has 1 aromatic carbocycles. The van der Waals surface area contributed by atoms with Crippen molar-refractivity contribution in [1.29, 1.82) is 0 Å². The van der Waals surface area contributed by atoms with Crippen molar-refractivity contribution in [1.82, 2.24) is 25.0 Å². The van der Waals surface area contributed by atoms with Gasteiger partial charge in [-0.25, -0.2) is 9.37 Å². The molecule has 1 saturated heterocycles. The third-order valence-corrected chi connectivity index (χ3v) is 6.28. The van der Waals surface area contributed by atoms with Crippen LogP contribution in [0.1, 0.15) is 29.0 Å². The minimum atomic E-state index is -0.692. The first-order chi connectivity index (χ1) is 15.9. The molecule has 9 nitrogen and oxygen atoms in total. The molecule has 1 fully saturated rings. The van der Waals surface area contributed by atoms with Gasteiger partial charge in [-0.3, -0.25) is 19.2 Å². The van der Waals surface area contributed by atoms with E-state index in [4.69, 9.17) is 0 Å². The standard InChI is InChI=1S/C22H23F2N7O2/c1-12-21(32)28-18-17(23)14(9-13-10-26-31(12)19(13)18)11-29-5-7-30(8-6-29)16-4-3-15(22(33)25-2)27-20(16)24/h3-4,9-10,12H,5-8,11H2,1-2H3,(H,25,33)(H,28,32)/t12-/m1/s1. The molecule has 2 aromatic heterocycles. The maximum atomic E-state index is 15.3. The van der Waals surface area contributed by atoms with Crippen LogP contribution in [0.4, 0.5) is 20.2 Å².